The largest absolute Gasteiger partial charge is 0.504 e. The molecule has 2 N–H and O–H groups in total. The molecule has 0 aliphatic rings. The van der Waals surface area contributed by atoms with Gasteiger partial charge in [0.15, 0.2) is 11.5 Å². The number of phenolic OH excluding ortho intramolecular Hbond substituents is 2. The summed E-state index contributed by atoms with van der Waals surface area (Å²) in [5.41, 5.74) is -7.95. The summed E-state index contributed by atoms with van der Waals surface area (Å²) >= 11 is 0. The molecular formula is C9H3F9O2. The minimum atomic E-state index is -5.81. The van der Waals surface area contributed by atoms with Crippen LogP contribution >= 0.6 is 0 Å². The minimum absolute atomic E-state index is 0.905. The van der Waals surface area contributed by atoms with E-state index in [9.17, 15) is 39.5 Å². The fourth-order valence-corrected chi connectivity index (χ4v) is 1.38. The molecule has 0 aromatic heterocycles. The van der Waals surface area contributed by atoms with Gasteiger partial charge in [0.1, 0.15) is 11.1 Å². The van der Waals surface area contributed by atoms with E-state index in [-0.39, 0.29) is 0 Å². The van der Waals surface area contributed by atoms with Crippen molar-refractivity contribution in [2.24, 2.45) is 0 Å². The van der Waals surface area contributed by atoms with Gasteiger partial charge in [-0.15, -0.1) is 0 Å². The van der Waals surface area contributed by atoms with Crippen LogP contribution < -0.4 is 0 Å². The van der Waals surface area contributed by atoms with Crippen LogP contribution in [0.25, 0.3) is 0 Å². The predicted octanol–water partition coefficient (Wildman–Crippen LogP) is 4.15. The van der Waals surface area contributed by atoms with E-state index in [1.54, 1.807) is 0 Å². The number of halogens is 9. The van der Waals surface area contributed by atoms with Crippen LogP contribution in [0.15, 0.2) is 6.07 Å². The standard InChI is InChI=1S/C9H3F9O2/c10-7(11,12)2-1-3(8(13,14)15)5(19)6(20)4(2)9(16,17)18/h1,19-20H. The topological polar surface area (TPSA) is 40.5 Å². The van der Waals surface area contributed by atoms with Crippen LogP contribution in [0.5, 0.6) is 11.5 Å². The van der Waals surface area contributed by atoms with Crippen molar-refractivity contribution in [3.63, 3.8) is 0 Å². The molecule has 11 heteroatoms. The van der Waals surface area contributed by atoms with Crippen molar-refractivity contribution in [2.45, 2.75) is 18.5 Å². The van der Waals surface area contributed by atoms with Crippen LogP contribution in [0.4, 0.5) is 39.5 Å². The van der Waals surface area contributed by atoms with Crippen LogP contribution in [-0.4, -0.2) is 10.2 Å². The van der Waals surface area contributed by atoms with Crippen LogP contribution in [0.3, 0.4) is 0 Å². The second-order valence-corrected chi connectivity index (χ2v) is 3.54. The average Bonchev–Trinajstić information content (AvgIpc) is 2.15. The number of rotatable bonds is 0. The highest BCUT2D eigenvalue weighted by Crippen LogP contribution is 2.52. The summed E-state index contributed by atoms with van der Waals surface area (Å²) in [5.74, 6) is -4.85. The maximum atomic E-state index is 12.4. The molecule has 0 radical (unpaired) electrons. The molecule has 0 aliphatic carbocycles. The average molecular weight is 314 g/mol. The molecule has 20 heavy (non-hydrogen) atoms. The van der Waals surface area contributed by atoms with Gasteiger partial charge in [-0.25, -0.2) is 0 Å². The molecule has 0 bridgehead atoms. The first-order chi connectivity index (χ1) is 8.67. The van der Waals surface area contributed by atoms with E-state index in [0.29, 0.717) is 0 Å². The molecule has 0 unspecified atom stereocenters. The van der Waals surface area contributed by atoms with Crippen molar-refractivity contribution in [3.05, 3.63) is 22.8 Å². The summed E-state index contributed by atoms with van der Waals surface area (Å²) in [6, 6.07) is -0.905. The fourth-order valence-electron chi connectivity index (χ4n) is 1.38. The Kier molecular flexibility index (Phi) is 3.53. The van der Waals surface area contributed by atoms with Crippen LogP contribution in [0.1, 0.15) is 16.7 Å². The van der Waals surface area contributed by atoms with Crippen molar-refractivity contribution >= 4 is 0 Å². The molecular weight excluding hydrogens is 311 g/mol. The van der Waals surface area contributed by atoms with Gasteiger partial charge in [0, 0.05) is 0 Å². The van der Waals surface area contributed by atoms with Gasteiger partial charge in [-0.1, -0.05) is 0 Å². The van der Waals surface area contributed by atoms with Crippen LogP contribution in [0.2, 0.25) is 0 Å². The van der Waals surface area contributed by atoms with E-state index >= 15 is 0 Å². The Bertz CT molecular complexity index is 524. The summed E-state index contributed by atoms with van der Waals surface area (Å²) in [6.45, 7) is 0. The highest BCUT2D eigenvalue weighted by molar-refractivity contribution is 5.57. The minimum Gasteiger partial charge on any atom is -0.504 e. The molecule has 0 spiro atoms. The van der Waals surface area contributed by atoms with Gasteiger partial charge in [0.05, 0.1) is 5.56 Å². The number of hydrogen-bond donors (Lipinski definition) is 2. The van der Waals surface area contributed by atoms with E-state index in [2.05, 4.69) is 0 Å². The first kappa shape index (κ1) is 16.2. The van der Waals surface area contributed by atoms with Crippen molar-refractivity contribution in [2.75, 3.05) is 0 Å². The smallest absolute Gasteiger partial charge is 0.420 e. The normalized spacial score (nSPS) is 13.7. The van der Waals surface area contributed by atoms with Crippen LogP contribution in [0, 0.1) is 0 Å². The van der Waals surface area contributed by atoms with Crippen molar-refractivity contribution in [1.29, 1.82) is 0 Å². The Hall–Kier alpha value is -1.81. The first-order valence-electron chi connectivity index (χ1n) is 4.48. The molecule has 0 amide bonds. The third-order valence-corrected chi connectivity index (χ3v) is 2.17. The first-order valence-corrected chi connectivity index (χ1v) is 4.48. The van der Waals surface area contributed by atoms with Gasteiger partial charge < -0.3 is 10.2 Å². The summed E-state index contributed by atoms with van der Waals surface area (Å²) in [5, 5.41) is 17.7. The summed E-state index contributed by atoms with van der Waals surface area (Å²) in [7, 11) is 0. The molecule has 0 saturated carbocycles. The Morgan fingerprint density at radius 2 is 1.00 bits per heavy atom. The second kappa shape index (κ2) is 4.35. The van der Waals surface area contributed by atoms with E-state index in [0.717, 1.165) is 0 Å². The lowest BCUT2D eigenvalue weighted by Gasteiger charge is -2.20. The molecule has 0 heterocycles. The number of hydrogen-bond acceptors (Lipinski definition) is 2. The number of aromatic hydroxyl groups is 2. The van der Waals surface area contributed by atoms with E-state index in [4.69, 9.17) is 10.2 Å². The molecule has 0 atom stereocenters. The maximum Gasteiger partial charge on any atom is 0.420 e. The summed E-state index contributed by atoms with van der Waals surface area (Å²) in [6.07, 6.45) is -17.2. The lowest BCUT2D eigenvalue weighted by atomic mass is 10.00. The lowest BCUT2D eigenvalue weighted by molar-refractivity contribution is -0.164. The molecule has 0 aliphatic heterocycles. The Morgan fingerprint density at radius 1 is 0.600 bits per heavy atom. The third-order valence-electron chi connectivity index (χ3n) is 2.17. The molecule has 2 nitrogen and oxygen atoms in total. The van der Waals surface area contributed by atoms with Gasteiger partial charge >= 0.3 is 18.5 Å². The van der Waals surface area contributed by atoms with Gasteiger partial charge in [-0.3, -0.25) is 0 Å². The van der Waals surface area contributed by atoms with Crippen molar-refractivity contribution < 1.29 is 49.7 Å². The predicted molar refractivity (Wildman–Crippen MR) is 44.8 cm³/mol. The molecule has 1 aromatic carbocycles. The van der Waals surface area contributed by atoms with E-state index < -0.39 is 52.8 Å². The van der Waals surface area contributed by atoms with Crippen molar-refractivity contribution in [3.8, 4) is 11.5 Å². The van der Waals surface area contributed by atoms with Crippen molar-refractivity contribution in [1.82, 2.24) is 0 Å². The fraction of sp³-hybridized carbons (Fsp3) is 0.333. The van der Waals surface area contributed by atoms with Gasteiger partial charge in [-0.05, 0) is 6.07 Å². The zero-order valence-electron chi connectivity index (χ0n) is 8.87. The number of alkyl halides is 9. The Morgan fingerprint density at radius 3 is 1.30 bits per heavy atom. The number of benzene rings is 1. The second-order valence-electron chi connectivity index (χ2n) is 3.54. The highest BCUT2D eigenvalue weighted by Gasteiger charge is 2.49. The Balaban J connectivity index is 3.85. The quantitative estimate of drug-likeness (QED) is 0.558. The van der Waals surface area contributed by atoms with E-state index in [1.807, 2.05) is 0 Å². The summed E-state index contributed by atoms with van der Waals surface area (Å²) < 4.78 is 111. The zero-order chi connectivity index (χ0) is 16.1. The molecule has 1 rings (SSSR count). The molecule has 1 aromatic rings. The molecule has 0 fully saturated rings. The monoisotopic (exact) mass is 314 g/mol. The highest BCUT2D eigenvalue weighted by atomic mass is 19.4. The van der Waals surface area contributed by atoms with Gasteiger partial charge in [0.25, 0.3) is 0 Å². The number of phenols is 2. The Labute approximate surface area is 104 Å². The molecule has 114 valence electrons. The SMILES string of the molecule is Oc1c(C(F)(F)F)cc(C(F)(F)F)c(C(F)(F)F)c1O. The zero-order valence-corrected chi connectivity index (χ0v) is 8.87. The lowest BCUT2D eigenvalue weighted by Crippen LogP contribution is -2.19. The van der Waals surface area contributed by atoms with Gasteiger partial charge in [-0.2, -0.15) is 39.5 Å². The third kappa shape index (κ3) is 2.85. The van der Waals surface area contributed by atoms with Crippen LogP contribution in [-0.2, 0) is 18.5 Å². The van der Waals surface area contributed by atoms with E-state index in [1.165, 1.54) is 0 Å². The van der Waals surface area contributed by atoms with Gasteiger partial charge in [0.2, 0.25) is 0 Å². The summed E-state index contributed by atoms with van der Waals surface area (Å²) in [4.78, 5) is 0. The molecule has 0 saturated heterocycles. The maximum absolute atomic E-state index is 12.4.